The third-order valence-corrected chi connectivity index (χ3v) is 3.92. The average molecular weight is 294 g/mol. The van der Waals surface area contributed by atoms with Gasteiger partial charge in [0, 0.05) is 19.6 Å². The molecule has 1 N–H and O–H groups in total. The Labute approximate surface area is 124 Å². The number of hydrogen-bond donors (Lipinski definition) is 1. The molecule has 4 nitrogen and oxygen atoms in total. The molecule has 1 aromatic heterocycles. The van der Waals surface area contributed by atoms with Gasteiger partial charge in [-0.1, -0.05) is 23.7 Å². The minimum Gasteiger partial charge on any atom is -0.497 e. The molecular formula is C15H20ClN3O. The molecule has 20 heavy (non-hydrogen) atoms. The number of benzene rings is 1. The summed E-state index contributed by atoms with van der Waals surface area (Å²) in [6.07, 6.45) is 0. The number of hydrogen-bond acceptors (Lipinski definition) is 3. The Morgan fingerprint density at radius 3 is 2.80 bits per heavy atom. The molecule has 1 atom stereocenters. The highest BCUT2D eigenvalue weighted by atomic mass is 35.5. The van der Waals surface area contributed by atoms with Gasteiger partial charge < -0.3 is 10.1 Å². The lowest BCUT2D eigenvalue weighted by Crippen LogP contribution is -2.20. The molecule has 0 radical (unpaired) electrons. The number of ether oxygens (including phenoxy) is 1. The molecule has 0 aliphatic carbocycles. The highest BCUT2D eigenvalue weighted by Gasteiger charge is 2.12. The van der Waals surface area contributed by atoms with Gasteiger partial charge in [-0.25, -0.2) is 0 Å². The number of nitrogens with one attached hydrogen (secondary N) is 1. The largest absolute Gasteiger partial charge is 0.497 e. The summed E-state index contributed by atoms with van der Waals surface area (Å²) in [5.41, 5.74) is 3.04. The first-order chi connectivity index (χ1) is 9.52. The van der Waals surface area contributed by atoms with Crippen molar-refractivity contribution in [1.82, 2.24) is 15.1 Å². The van der Waals surface area contributed by atoms with Crippen LogP contribution in [0.2, 0.25) is 5.02 Å². The third kappa shape index (κ3) is 3.14. The Kier molecular flexibility index (Phi) is 4.68. The summed E-state index contributed by atoms with van der Waals surface area (Å²) in [4.78, 5) is 0. The van der Waals surface area contributed by atoms with E-state index in [4.69, 9.17) is 16.3 Å². The molecule has 0 bridgehead atoms. The molecule has 0 spiro atoms. The Balaban J connectivity index is 2.06. The van der Waals surface area contributed by atoms with E-state index >= 15 is 0 Å². The van der Waals surface area contributed by atoms with Crippen LogP contribution in [0.4, 0.5) is 0 Å². The summed E-state index contributed by atoms with van der Waals surface area (Å²) in [6, 6.07) is 8.26. The van der Waals surface area contributed by atoms with Crippen molar-refractivity contribution in [2.75, 3.05) is 7.11 Å². The zero-order valence-electron chi connectivity index (χ0n) is 12.3. The molecule has 2 rings (SSSR count). The van der Waals surface area contributed by atoms with Crippen LogP contribution in [-0.2, 0) is 13.6 Å². The van der Waals surface area contributed by atoms with Gasteiger partial charge >= 0.3 is 0 Å². The summed E-state index contributed by atoms with van der Waals surface area (Å²) in [5.74, 6) is 0.866. The molecule has 2 aromatic rings. The number of aromatic nitrogens is 2. The van der Waals surface area contributed by atoms with Crippen LogP contribution in [0.5, 0.6) is 5.75 Å². The van der Waals surface area contributed by atoms with Crippen LogP contribution in [-0.4, -0.2) is 16.9 Å². The first-order valence-corrected chi connectivity index (χ1v) is 6.96. The smallest absolute Gasteiger partial charge is 0.119 e. The van der Waals surface area contributed by atoms with Gasteiger partial charge in [-0.15, -0.1) is 0 Å². The van der Waals surface area contributed by atoms with E-state index < -0.39 is 0 Å². The van der Waals surface area contributed by atoms with E-state index in [-0.39, 0.29) is 6.04 Å². The first-order valence-electron chi connectivity index (χ1n) is 6.58. The van der Waals surface area contributed by atoms with Gasteiger partial charge in [0.15, 0.2) is 0 Å². The van der Waals surface area contributed by atoms with Crippen LogP contribution >= 0.6 is 11.6 Å². The number of aryl methyl sites for hydroxylation is 2. The normalized spacial score (nSPS) is 12.4. The average Bonchev–Trinajstić information content (AvgIpc) is 2.70. The Hall–Kier alpha value is -1.52. The second-order valence-electron chi connectivity index (χ2n) is 4.85. The lowest BCUT2D eigenvalue weighted by Gasteiger charge is -2.15. The van der Waals surface area contributed by atoms with Crippen molar-refractivity contribution < 1.29 is 4.74 Å². The van der Waals surface area contributed by atoms with E-state index in [0.29, 0.717) is 6.54 Å². The van der Waals surface area contributed by atoms with Gasteiger partial charge in [0.1, 0.15) is 5.75 Å². The molecule has 5 heteroatoms. The molecule has 1 aromatic carbocycles. The topological polar surface area (TPSA) is 39.1 Å². The summed E-state index contributed by atoms with van der Waals surface area (Å²) < 4.78 is 7.07. The predicted octanol–water partition coefficient (Wildman–Crippen LogP) is 3.24. The van der Waals surface area contributed by atoms with Gasteiger partial charge in [0.2, 0.25) is 0 Å². The van der Waals surface area contributed by atoms with E-state index in [1.807, 2.05) is 36.9 Å². The van der Waals surface area contributed by atoms with Crippen molar-refractivity contribution in [1.29, 1.82) is 0 Å². The molecule has 0 fully saturated rings. The summed E-state index contributed by atoms with van der Waals surface area (Å²) in [7, 11) is 3.58. The van der Waals surface area contributed by atoms with Crippen LogP contribution in [0.1, 0.15) is 29.9 Å². The zero-order chi connectivity index (χ0) is 14.7. The minimum absolute atomic E-state index is 0.205. The molecule has 0 saturated heterocycles. The van der Waals surface area contributed by atoms with Gasteiger partial charge in [0.05, 0.1) is 23.5 Å². The number of nitrogens with zero attached hydrogens (tertiary/aromatic N) is 2. The van der Waals surface area contributed by atoms with Crippen molar-refractivity contribution in [2.24, 2.45) is 7.05 Å². The SMILES string of the molecule is COc1cccc([C@H](C)NCc2c(Cl)c(C)nn2C)c1. The van der Waals surface area contributed by atoms with Crippen molar-refractivity contribution in [3.63, 3.8) is 0 Å². The minimum atomic E-state index is 0.205. The lowest BCUT2D eigenvalue weighted by molar-refractivity contribution is 0.413. The maximum Gasteiger partial charge on any atom is 0.119 e. The van der Waals surface area contributed by atoms with Crippen LogP contribution in [0, 0.1) is 6.92 Å². The van der Waals surface area contributed by atoms with Gasteiger partial charge in [-0.2, -0.15) is 5.10 Å². The third-order valence-electron chi connectivity index (χ3n) is 3.43. The molecule has 1 heterocycles. The van der Waals surface area contributed by atoms with E-state index in [9.17, 15) is 0 Å². The Morgan fingerprint density at radius 2 is 2.20 bits per heavy atom. The molecular weight excluding hydrogens is 274 g/mol. The fourth-order valence-electron chi connectivity index (χ4n) is 2.15. The molecule has 0 aliphatic heterocycles. The zero-order valence-corrected chi connectivity index (χ0v) is 13.0. The van der Waals surface area contributed by atoms with E-state index in [1.165, 1.54) is 5.56 Å². The molecule has 0 unspecified atom stereocenters. The predicted molar refractivity (Wildman–Crippen MR) is 81.2 cm³/mol. The van der Waals surface area contributed by atoms with Crippen molar-refractivity contribution in [3.05, 3.63) is 46.2 Å². The number of methoxy groups -OCH3 is 1. The summed E-state index contributed by atoms with van der Waals surface area (Å²) in [6.45, 7) is 4.71. The van der Waals surface area contributed by atoms with Crippen LogP contribution in [0.25, 0.3) is 0 Å². The molecule has 0 amide bonds. The standard InChI is InChI=1S/C15H20ClN3O/c1-10(12-6-5-7-13(8-12)20-4)17-9-14-15(16)11(2)18-19(14)3/h5-8,10,17H,9H2,1-4H3/t10-/m0/s1. The maximum atomic E-state index is 6.25. The van der Waals surface area contributed by atoms with Gasteiger partial charge in [0.25, 0.3) is 0 Å². The van der Waals surface area contributed by atoms with Crippen molar-refractivity contribution >= 4 is 11.6 Å². The highest BCUT2D eigenvalue weighted by molar-refractivity contribution is 6.31. The molecule has 108 valence electrons. The second kappa shape index (κ2) is 6.29. The lowest BCUT2D eigenvalue weighted by atomic mass is 10.1. The Morgan fingerprint density at radius 1 is 1.45 bits per heavy atom. The van der Waals surface area contributed by atoms with Crippen LogP contribution < -0.4 is 10.1 Å². The number of rotatable bonds is 5. The van der Waals surface area contributed by atoms with Crippen LogP contribution in [0.15, 0.2) is 24.3 Å². The fraction of sp³-hybridized carbons (Fsp3) is 0.400. The monoisotopic (exact) mass is 293 g/mol. The number of halogens is 1. The Bertz CT molecular complexity index is 595. The quantitative estimate of drug-likeness (QED) is 0.920. The van der Waals surface area contributed by atoms with Crippen molar-refractivity contribution in [2.45, 2.75) is 26.4 Å². The highest BCUT2D eigenvalue weighted by Crippen LogP contribution is 2.22. The van der Waals surface area contributed by atoms with Gasteiger partial charge in [-0.3, -0.25) is 4.68 Å². The van der Waals surface area contributed by atoms with E-state index in [0.717, 1.165) is 22.2 Å². The van der Waals surface area contributed by atoms with E-state index in [1.54, 1.807) is 7.11 Å². The van der Waals surface area contributed by atoms with Gasteiger partial charge in [-0.05, 0) is 31.5 Å². The molecule has 0 aliphatic rings. The second-order valence-corrected chi connectivity index (χ2v) is 5.23. The first kappa shape index (κ1) is 14.9. The molecule has 0 saturated carbocycles. The fourth-order valence-corrected chi connectivity index (χ4v) is 2.38. The summed E-state index contributed by atoms with van der Waals surface area (Å²) in [5, 5.41) is 8.51. The van der Waals surface area contributed by atoms with Crippen molar-refractivity contribution in [3.8, 4) is 5.75 Å². The summed E-state index contributed by atoms with van der Waals surface area (Å²) >= 11 is 6.25. The van der Waals surface area contributed by atoms with E-state index in [2.05, 4.69) is 23.4 Å². The maximum absolute atomic E-state index is 6.25. The van der Waals surface area contributed by atoms with Crippen LogP contribution in [0.3, 0.4) is 0 Å².